The number of nitrogens with zero attached hydrogens (tertiary/aromatic N) is 1. The van der Waals surface area contributed by atoms with Crippen molar-refractivity contribution in [2.45, 2.75) is 6.92 Å². The Bertz CT molecular complexity index is 762. The van der Waals surface area contributed by atoms with Crippen molar-refractivity contribution >= 4 is 28.1 Å². The zero-order valence-electron chi connectivity index (χ0n) is 13.2. The molecule has 0 aliphatic heterocycles. The molecule has 1 amide bonds. The summed E-state index contributed by atoms with van der Waals surface area (Å²) in [6, 6.07) is 10.3. The van der Waals surface area contributed by atoms with Gasteiger partial charge in [0, 0.05) is 4.47 Å². The van der Waals surface area contributed by atoms with Crippen LogP contribution in [0.1, 0.15) is 11.1 Å². The van der Waals surface area contributed by atoms with E-state index in [9.17, 15) is 9.90 Å². The molecule has 0 aromatic heterocycles. The molecule has 0 aliphatic rings. The second-order valence-electron chi connectivity index (χ2n) is 4.92. The summed E-state index contributed by atoms with van der Waals surface area (Å²) in [5, 5.41) is 13.5. The zero-order chi connectivity index (χ0) is 17.5. The Morgan fingerprint density at radius 3 is 2.79 bits per heavy atom. The number of hydrogen-bond acceptors (Lipinski definition) is 5. The van der Waals surface area contributed by atoms with Crippen LogP contribution in [0.2, 0.25) is 0 Å². The van der Waals surface area contributed by atoms with Crippen LogP contribution in [0.15, 0.2) is 46.0 Å². The molecule has 0 spiro atoms. The van der Waals surface area contributed by atoms with Crippen LogP contribution in [0.25, 0.3) is 0 Å². The SMILES string of the molecule is COc1ccc(C=NNC(=O)COc2ccc(Br)c(C)c2)cc1O. The number of amides is 1. The quantitative estimate of drug-likeness (QED) is 0.584. The predicted molar refractivity (Wildman–Crippen MR) is 94.8 cm³/mol. The molecule has 0 radical (unpaired) electrons. The first-order valence-corrected chi connectivity index (χ1v) is 7.86. The van der Waals surface area contributed by atoms with Gasteiger partial charge in [-0.3, -0.25) is 4.79 Å². The number of hydrogen-bond donors (Lipinski definition) is 2. The largest absolute Gasteiger partial charge is 0.504 e. The first kappa shape index (κ1) is 17.8. The number of nitrogens with one attached hydrogen (secondary N) is 1. The van der Waals surface area contributed by atoms with Gasteiger partial charge in [0.1, 0.15) is 5.75 Å². The molecule has 0 saturated heterocycles. The fraction of sp³-hybridized carbons (Fsp3) is 0.176. The first-order chi connectivity index (χ1) is 11.5. The van der Waals surface area contributed by atoms with Crippen molar-refractivity contribution in [2.24, 2.45) is 5.10 Å². The van der Waals surface area contributed by atoms with Crippen LogP contribution in [0, 0.1) is 6.92 Å². The Labute approximate surface area is 148 Å². The number of methoxy groups -OCH3 is 1. The van der Waals surface area contributed by atoms with E-state index in [1.807, 2.05) is 19.1 Å². The van der Waals surface area contributed by atoms with Crippen LogP contribution in [0.4, 0.5) is 0 Å². The highest BCUT2D eigenvalue weighted by Crippen LogP contribution is 2.25. The van der Waals surface area contributed by atoms with Gasteiger partial charge in [-0.05, 0) is 54.4 Å². The van der Waals surface area contributed by atoms with Gasteiger partial charge in [-0.25, -0.2) is 5.43 Å². The summed E-state index contributed by atoms with van der Waals surface area (Å²) in [5.41, 5.74) is 4.00. The van der Waals surface area contributed by atoms with E-state index >= 15 is 0 Å². The van der Waals surface area contributed by atoms with Crippen LogP contribution in [-0.2, 0) is 4.79 Å². The molecule has 2 aromatic rings. The predicted octanol–water partition coefficient (Wildman–Crippen LogP) is 3.00. The highest BCUT2D eigenvalue weighted by molar-refractivity contribution is 9.10. The molecule has 2 rings (SSSR count). The lowest BCUT2D eigenvalue weighted by Crippen LogP contribution is -2.24. The number of carbonyl (C=O) groups excluding carboxylic acids is 1. The number of ether oxygens (including phenoxy) is 2. The number of benzene rings is 2. The van der Waals surface area contributed by atoms with E-state index < -0.39 is 0 Å². The Morgan fingerprint density at radius 2 is 2.12 bits per heavy atom. The average Bonchev–Trinajstić information content (AvgIpc) is 2.56. The van der Waals surface area contributed by atoms with Crippen molar-refractivity contribution in [1.82, 2.24) is 5.43 Å². The Hall–Kier alpha value is -2.54. The zero-order valence-corrected chi connectivity index (χ0v) is 14.8. The molecule has 7 heteroatoms. The van der Waals surface area contributed by atoms with E-state index in [0.29, 0.717) is 17.1 Å². The lowest BCUT2D eigenvalue weighted by atomic mass is 10.2. The van der Waals surface area contributed by atoms with Gasteiger partial charge in [0.25, 0.3) is 5.91 Å². The molecule has 0 saturated carbocycles. The summed E-state index contributed by atoms with van der Waals surface area (Å²) in [6.45, 7) is 1.79. The third-order valence-corrected chi connectivity index (χ3v) is 3.99. The van der Waals surface area contributed by atoms with Gasteiger partial charge < -0.3 is 14.6 Å². The smallest absolute Gasteiger partial charge is 0.277 e. The fourth-order valence-corrected chi connectivity index (χ4v) is 2.10. The first-order valence-electron chi connectivity index (χ1n) is 7.07. The van der Waals surface area contributed by atoms with Gasteiger partial charge in [0.2, 0.25) is 0 Å². The van der Waals surface area contributed by atoms with Crippen molar-refractivity contribution in [1.29, 1.82) is 0 Å². The van der Waals surface area contributed by atoms with E-state index in [1.165, 1.54) is 19.4 Å². The monoisotopic (exact) mass is 392 g/mol. The molecule has 24 heavy (non-hydrogen) atoms. The normalized spacial score (nSPS) is 10.6. The van der Waals surface area contributed by atoms with E-state index in [0.717, 1.165) is 10.0 Å². The van der Waals surface area contributed by atoms with Gasteiger partial charge in [-0.1, -0.05) is 15.9 Å². The maximum absolute atomic E-state index is 11.7. The Morgan fingerprint density at radius 1 is 1.33 bits per heavy atom. The van der Waals surface area contributed by atoms with Crippen molar-refractivity contribution in [3.8, 4) is 17.2 Å². The standard InChI is InChI=1S/C17H17BrN2O4/c1-11-7-13(4-5-14(11)18)24-10-17(22)20-19-9-12-3-6-16(23-2)15(21)8-12/h3-9,21H,10H2,1-2H3,(H,20,22). The van der Waals surface area contributed by atoms with Gasteiger partial charge in [-0.2, -0.15) is 5.10 Å². The van der Waals surface area contributed by atoms with Crippen LogP contribution < -0.4 is 14.9 Å². The third-order valence-electron chi connectivity index (χ3n) is 3.11. The summed E-state index contributed by atoms with van der Waals surface area (Å²) < 4.78 is 11.3. The van der Waals surface area contributed by atoms with Crippen LogP contribution >= 0.6 is 15.9 Å². The van der Waals surface area contributed by atoms with Gasteiger partial charge in [0.05, 0.1) is 13.3 Å². The van der Waals surface area contributed by atoms with E-state index in [1.54, 1.807) is 18.2 Å². The van der Waals surface area contributed by atoms with Crippen molar-refractivity contribution < 1.29 is 19.4 Å². The van der Waals surface area contributed by atoms with Crippen LogP contribution in [0.5, 0.6) is 17.2 Å². The van der Waals surface area contributed by atoms with Crippen LogP contribution in [0.3, 0.4) is 0 Å². The van der Waals surface area contributed by atoms with Gasteiger partial charge in [0.15, 0.2) is 18.1 Å². The van der Waals surface area contributed by atoms with Crippen molar-refractivity contribution in [2.75, 3.05) is 13.7 Å². The minimum atomic E-state index is -0.385. The number of aryl methyl sites for hydroxylation is 1. The molecule has 0 unspecified atom stereocenters. The van der Waals surface area contributed by atoms with Gasteiger partial charge in [-0.15, -0.1) is 0 Å². The van der Waals surface area contributed by atoms with Crippen LogP contribution in [-0.4, -0.2) is 30.9 Å². The van der Waals surface area contributed by atoms with E-state index in [4.69, 9.17) is 9.47 Å². The number of phenols is 1. The molecule has 2 aromatic carbocycles. The maximum Gasteiger partial charge on any atom is 0.277 e. The minimum Gasteiger partial charge on any atom is -0.504 e. The average molecular weight is 393 g/mol. The van der Waals surface area contributed by atoms with Crippen molar-refractivity contribution in [3.05, 3.63) is 52.0 Å². The molecule has 126 valence electrons. The summed E-state index contributed by atoms with van der Waals surface area (Å²) in [5.74, 6) is 0.593. The number of phenolic OH excluding ortho intramolecular Hbond substituents is 1. The lowest BCUT2D eigenvalue weighted by molar-refractivity contribution is -0.123. The molecular weight excluding hydrogens is 376 g/mol. The second kappa shape index (κ2) is 8.35. The fourth-order valence-electron chi connectivity index (χ4n) is 1.85. The van der Waals surface area contributed by atoms with Crippen molar-refractivity contribution in [3.63, 3.8) is 0 Å². The highest BCUT2D eigenvalue weighted by atomic mass is 79.9. The summed E-state index contributed by atoms with van der Waals surface area (Å²) in [4.78, 5) is 11.7. The second-order valence-corrected chi connectivity index (χ2v) is 5.78. The summed E-state index contributed by atoms with van der Waals surface area (Å²) in [6.07, 6.45) is 1.42. The van der Waals surface area contributed by atoms with E-state index in [-0.39, 0.29) is 18.3 Å². The number of halogens is 1. The highest BCUT2D eigenvalue weighted by Gasteiger charge is 2.04. The van der Waals surface area contributed by atoms with Gasteiger partial charge >= 0.3 is 0 Å². The Balaban J connectivity index is 1.84. The summed E-state index contributed by atoms with van der Waals surface area (Å²) >= 11 is 3.40. The number of aromatic hydroxyl groups is 1. The molecular formula is C17H17BrN2O4. The van der Waals surface area contributed by atoms with E-state index in [2.05, 4.69) is 26.5 Å². The molecule has 0 aliphatic carbocycles. The molecule has 0 bridgehead atoms. The molecule has 2 N–H and O–H groups in total. The minimum absolute atomic E-state index is 0.00159. The number of carbonyl (C=O) groups is 1. The maximum atomic E-state index is 11.7. The molecule has 0 heterocycles. The molecule has 0 fully saturated rings. The number of hydrazone groups is 1. The topological polar surface area (TPSA) is 80.2 Å². The number of rotatable bonds is 6. The molecule has 6 nitrogen and oxygen atoms in total. The lowest BCUT2D eigenvalue weighted by Gasteiger charge is -2.06. The third kappa shape index (κ3) is 4.99. The summed E-state index contributed by atoms with van der Waals surface area (Å²) in [7, 11) is 1.47. The molecule has 0 atom stereocenters. The Kier molecular flexibility index (Phi) is 6.20.